The van der Waals surface area contributed by atoms with E-state index >= 15 is 0 Å². The van der Waals surface area contributed by atoms with Crippen molar-refractivity contribution in [2.45, 2.75) is 19.4 Å². The van der Waals surface area contributed by atoms with Gasteiger partial charge in [0.25, 0.3) is 0 Å². The number of hydrogen-bond acceptors (Lipinski definition) is 6. The van der Waals surface area contributed by atoms with Gasteiger partial charge in [-0.3, -0.25) is 20.0 Å². The minimum absolute atomic E-state index is 0. The Balaban J connectivity index is 0.00000288. The van der Waals surface area contributed by atoms with Crippen molar-refractivity contribution in [2.24, 2.45) is 11.7 Å². The molecule has 0 saturated heterocycles. The molecule has 0 spiro atoms. The number of nitrogens with one attached hydrogen (secondary N) is 2. The molecule has 0 aliphatic rings. The summed E-state index contributed by atoms with van der Waals surface area (Å²) in [5.74, 6) is -0.809. The lowest BCUT2D eigenvalue weighted by Crippen LogP contribution is -2.30. The lowest BCUT2D eigenvalue weighted by Gasteiger charge is -2.18. The molecule has 4 N–H and O–H groups in total. The predicted octanol–water partition coefficient (Wildman–Crippen LogP) is 1.22. The quantitative estimate of drug-likeness (QED) is 0.671. The van der Waals surface area contributed by atoms with Crippen LogP contribution in [0.2, 0.25) is 0 Å². The molecule has 130 valence electrons. The number of halogens is 1. The molecule has 8 nitrogen and oxygen atoms in total. The number of nitrogens with two attached hydrogens (primary N) is 1. The number of aromatic amines is 1. The number of nitrogens with zero attached hydrogens (tertiary/aromatic N) is 2. The van der Waals surface area contributed by atoms with Crippen LogP contribution in [0.15, 0.2) is 30.3 Å². The average molecular weight is 354 g/mol. The topological polar surface area (TPSA) is 123 Å². The van der Waals surface area contributed by atoms with Gasteiger partial charge in [0.2, 0.25) is 11.9 Å². The lowest BCUT2D eigenvalue weighted by atomic mass is 9.95. The fourth-order valence-electron chi connectivity index (χ4n) is 1.99. The van der Waals surface area contributed by atoms with Crippen LogP contribution in [0.25, 0.3) is 0 Å². The van der Waals surface area contributed by atoms with Crippen LogP contribution < -0.4 is 11.1 Å². The largest absolute Gasteiger partial charge is 0.469 e. The standard InChI is InChI=1S/C15H19N5O3.ClH/c1-9(13(16)10-6-4-3-5-7-10)14(22)18-15-17-11(19-20-15)8-12(21)23-2;/h3-7,9,13H,8,16H2,1-2H3,(H2,17,18,19,20,22);1H. The molecule has 1 aromatic heterocycles. The van der Waals surface area contributed by atoms with Crippen LogP contribution in [0.4, 0.5) is 5.95 Å². The maximum atomic E-state index is 12.2. The van der Waals surface area contributed by atoms with Crippen molar-refractivity contribution in [3.8, 4) is 0 Å². The minimum Gasteiger partial charge on any atom is -0.469 e. The highest BCUT2D eigenvalue weighted by Crippen LogP contribution is 2.20. The number of aromatic nitrogens is 3. The normalized spacial score (nSPS) is 12.6. The number of rotatable bonds is 6. The zero-order valence-corrected chi connectivity index (χ0v) is 14.2. The van der Waals surface area contributed by atoms with Gasteiger partial charge < -0.3 is 10.5 Å². The molecule has 2 unspecified atom stereocenters. The number of ether oxygens (including phenoxy) is 1. The van der Waals surface area contributed by atoms with Gasteiger partial charge in [-0.2, -0.15) is 4.98 Å². The second-order valence-electron chi connectivity index (χ2n) is 5.07. The molecule has 0 saturated carbocycles. The van der Waals surface area contributed by atoms with Crippen LogP contribution >= 0.6 is 12.4 Å². The van der Waals surface area contributed by atoms with Crippen molar-refractivity contribution in [1.29, 1.82) is 0 Å². The summed E-state index contributed by atoms with van der Waals surface area (Å²) < 4.78 is 4.53. The van der Waals surface area contributed by atoms with Crippen LogP contribution in [-0.4, -0.2) is 34.2 Å². The van der Waals surface area contributed by atoms with Gasteiger partial charge in [-0.05, 0) is 5.56 Å². The zero-order chi connectivity index (χ0) is 16.8. The molecule has 9 heteroatoms. The Morgan fingerprint density at radius 3 is 2.62 bits per heavy atom. The van der Waals surface area contributed by atoms with Gasteiger partial charge in [0, 0.05) is 6.04 Å². The van der Waals surface area contributed by atoms with Crippen molar-refractivity contribution >= 4 is 30.2 Å². The zero-order valence-electron chi connectivity index (χ0n) is 13.4. The molecule has 1 aromatic carbocycles. The van der Waals surface area contributed by atoms with Gasteiger partial charge in [0.1, 0.15) is 12.2 Å². The first-order valence-corrected chi connectivity index (χ1v) is 7.10. The van der Waals surface area contributed by atoms with E-state index in [-0.39, 0.29) is 30.7 Å². The highest BCUT2D eigenvalue weighted by molar-refractivity contribution is 5.91. The first-order valence-electron chi connectivity index (χ1n) is 7.10. The Hall–Kier alpha value is -2.45. The van der Waals surface area contributed by atoms with Crippen LogP contribution in [0.5, 0.6) is 0 Å². The van der Waals surface area contributed by atoms with E-state index in [1.165, 1.54) is 7.11 Å². The summed E-state index contributed by atoms with van der Waals surface area (Å²) in [6.07, 6.45) is -0.0432. The van der Waals surface area contributed by atoms with Gasteiger partial charge in [-0.1, -0.05) is 37.3 Å². The van der Waals surface area contributed by atoms with E-state index < -0.39 is 17.9 Å². The van der Waals surface area contributed by atoms with Crippen LogP contribution in [0.3, 0.4) is 0 Å². The molecule has 24 heavy (non-hydrogen) atoms. The third kappa shape index (κ3) is 5.04. The SMILES string of the molecule is COC(=O)Cc1nc(NC(=O)C(C)C(N)c2ccccc2)n[nH]1.Cl. The first-order chi connectivity index (χ1) is 11.0. The summed E-state index contributed by atoms with van der Waals surface area (Å²) in [4.78, 5) is 27.4. The Labute approximate surface area is 145 Å². The van der Waals surface area contributed by atoms with E-state index in [0.29, 0.717) is 5.82 Å². The maximum absolute atomic E-state index is 12.2. The minimum atomic E-state index is -0.472. The van der Waals surface area contributed by atoms with Crippen molar-refractivity contribution in [1.82, 2.24) is 15.2 Å². The maximum Gasteiger partial charge on any atom is 0.313 e. The molecular formula is C15H20ClN5O3. The number of amides is 1. The predicted molar refractivity (Wildman–Crippen MR) is 90.5 cm³/mol. The van der Waals surface area contributed by atoms with Crippen molar-refractivity contribution in [3.05, 3.63) is 41.7 Å². The number of carbonyl (C=O) groups is 2. The smallest absolute Gasteiger partial charge is 0.313 e. The number of methoxy groups -OCH3 is 1. The van der Waals surface area contributed by atoms with E-state index in [4.69, 9.17) is 5.73 Å². The molecule has 0 aliphatic carbocycles. The van der Waals surface area contributed by atoms with Crippen LogP contribution in [-0.2, 0) is 20.7 Å². The molecule has 2 rings (SSSR count). The second kappa shape index (κ2) is 8.99. The number of anilines is 1. The number of esters is 1. The highest BCUT2D eigenvalue weighted by atomic mass is 35.5. The summed E-state index contributed by atoms with van der Waals surface area (Å²) in [5.41, 5.74) is 6.98. The van der Waals surface area contributed by atoms with Gasteiger partial charge in [0.15, 0.2) is 0 Å². The Morgan fingerprint density at radius 2 is 2.00 bits per heavy atom. The molecule has 2 atom stereocenters. The van der Waals surface area contributed by atoms with E-state index in [9.17, 15) is 9.59 Å². The molecule has 0 radical (unpaired) electrons. The number of H-pyrrole nitrogens is 1. The van der Waals surface area contributed by atoms with E-state index in [1.54, 1.807) is 6.92 Å². The third-order valence-corrected chi connectivity index (χ3v) is 3.44. The second-order valence-corrected chi connectivity index (χ2v) is 5.07. The molecular weight excluding hydrogens is 334 g/mol. The van der Waals surface area contributed by atoms with Crippen LogP contribution in [0.1, 0.15) is 24.4 Å². The van der Waals surface area contributed by atoms with Crippen molar-refractivity contribution < 1.29 is 14.3 Å². The van der Waals surface area contributed by atoms with E-state index in [1.807, 2.05) is 30.3 Å². The van der Waals surface area contributed by atoms with Crippen molar-refractivity contribution in [3.63, 3.8) is 0 Å². The molecule has 0 aliphatic heterocycles. The number of benzene rings is 1. The monoisotopic (exact) mass is 353 g/mol. The number of hydrogen-bond donors (Lipinski definition) is 3. The summed E-state index contributed by atoms with van der Waals surface area (Å²) in [5, 5.41) is 8.99. The Kier molecular flexibility index (Phi) is 7.34. The van der Waals surface area contributed by atoms with E-state index in [0.717, 1.165) is 5.56 Å². The molecule has 1 amide bonds. The van der Waals surface area contributed by atoms with Crippen LogP contribution in [0, 0.1) is 5.92 Å². The van der Waals surface area contributed by atoms with Gasteiger partial charge >= 0.3 is 5.97 Å². The number of carbonyl (C=O) groups excluding carboxylic acids is 2. The average Bonchev–Trinajstić information content (AvgIpc) is 3.00. The fraction of sp³-hybridized carbons (Fsp3) is 0.333. The molecule has 2 aromatic rings. The van der Waals surface area contributed by atoms with Gasteiger partial charge in [-0.15, -0.1) is 17.5 Å². The summed E-state index contributed by atoms with van der Waals surface area (Å²) in [6.45, 7) is 1.73. The summed E-state index contributed by atoms with van der Waals surface area (Å²) >= 11 is 0. The van der Waals surface area contributed by atoms with Gasteiger partial charge in [-0.25, -0.2) is 0 Å². The highest BCUT2D eigenvalue weighted by Gasteiger charge is 2.23. The first kappa shape index (κ1) is 19.6. The van der Waals surface area contributed by atoms with Crippen molar-refractivity contribution in [2.75, 3.05) is 12.4 Å². The Bertz CT molecular complexity index is 677. The summed E-state index contributed by atoms with van der Waals surface area (Å²) in [7, 11) is 1.29. The fourth-order valence-corrected chi connectivity index (χ4v) is 1.99. The Morgan fingerprint density at radius 1 is 1.33 bits per heavy atom. The third-order valence-electron chi connectivity index (χ3n) is 3.44. The molecule has 0 bridgehead atoms. The lowest BCUT2D eigenvalue weighted by molar-refractivity contribution is -0.139. The van der Waals surface area contributed by atoms with Gasteiger partial charge in [0.05, 0.1) is 13.0 Å². The molecule has 1 heterocycles. The summed E-state index contributed by atoms with van der Waals surface area (Å²) in [6, 6.07) is 8.93. The molecule has 0 fully saturated rings. The van der Waals surface area contributed by atoms with E-state index in [2.05, 4.69) is 25.2 Å².